The number of rotatable bonds is 5. The second-order valence-electron chi connectivity index (χ2n) is 4.13. The minimum Gasteiger partial charge on any atom is -0.476 e. The molecule has 0 saturated heterocycles. The van der Waals surface area contributed by atoms with Crippen LogP contribution in [0.5, 0.6) is 0 Å². The molecule has 2 rings (SSSR count). The fourth-order valence-corrected chi connectivity index (χ4v) is 2.33. The van der Waals surface area contributed by atoms with Gasteiger partial charge >= 0.3 is 5.97 Å². The van der Waals surface area contributed by atoms with Gasteiger partial charge in [0.05, 0.1) is 0 Å². The van der Waals surface area contributed by atoms with Gasteiger partial charge in [-0.2, -0.15) is 0 Å². The van der Waals surface area contributed by atoms with Crippen LogP contribution in [-0.2, 0) is 0 Å². The van der Waals surface area contributed by atoms with Gasteiger partial charge in [-0.25, -0.2) is 9.78 Å². The van der Waals surface area contributed by atoms with Gasteiger partial charge in [0.1, 0.15) is 0 Å². The molecular weight excluding hydrogens is 240 g/mol. The smallest absolute Gasteiger partial charge is 0.355 e. The second kappa shape index (κ2) is 4.83. The van der Waals surface area contributed by atoms with Crippen LogP contribution in [0.4, 0.5) is 0 Å². The van der Waals surface area contributed by atoms with Crippen LogP contribution >= 0.6 is 11.3 Å². The van der Waals surface area contributed by atoms with Crippen molar-refractivity contribution in [1.82, 2.24) is 9.88 Å². The topological polar surface area (TPSA) is 70.5 Å². The number of carbonyl (C=O) groups excluding carboxylic acids is 1. The molecule has 6 heteroatoms. The molecule has 92 valence electrons. The fraction of sp³-hybridized carbons (Fsp3) is 0.545. The number of aromatic nitrogens is 1. The van der Waals surface area contributed by atoms with E-state index in [1.807, 2.05) is 6.92 Å². The summed E-state index contributed by atoms with van der Waals surface area (Å²) in [5.41, 5.74) is -0.0548. The van der Waals surface area contributed by atoms with E-state index in [2.05, 4.69) is 4.98 Å². The van der Waals surface area contributed by atoms with Gasteiger partial charge < -0.3 is 10.0 Å². The summed E-state index contributed by atoms with van der Waals surface area (Å²) >= 11 is 1.09. The van der Waals surface area contributed by atoms with Gasteiger partial charge in [-0.05, 0) is 25.7 Å². The van der Waals surface area contributed by atoms with Gasteiger partial charge in [0.25, 0.3) is 5.91 Å². The lowest BCUT2D eigenvalue weighted by molar-refractivity contribution is 0.0691. The number of carboxylic acids is 1. The lowest BCUT2D eigenvalue weighted by Crippen LogP contribution is -2.32. The van der Waals surface area contributed by atoms with Gasteiger partial charge in [0.2, 0.25) is 0 Å². The third-order valence-electron chi connectivity index (χ3n) is 2.75. The normalized spacial score (nSPS) is 14.6. The van der Waals surface area contributed by atoms with Gasteiger partial charge in [0.15, 0.2) is 10.7 Å². The average molecular weight is 254 g/mol. The number of nitrogens with zero attached hydrogens (tertiary/aromatic N) is 2. The van der Waals surface area contributed by atoms with E-state index in [9.17, 15) is 9.59 Å². The summed E-state index contributed by atoms with van der Waals surface area (Å²) in [6.07, 6.45) is 2.37. The first kappa shape index (κ1) is 12.0. The van der Waals surface area contributed by atoms with Crippen molar-refractivity contribution in [3.63, 3.8) is 0 Å². The summed E-state index contributed by atoms with van der Waals surface area (Å²) in [6.45, 7) is 3.32. The zero-order valence-electron chi connectivity index (χ0n) is 9.55. The number of carbonyl (C=O) groups is 2. The van der Waals surface area contributed by atoms with Crippen LogP contribution in [0.25, 0.3) is 0 Å². The number of aromatic carboxylic acids is 1. The van der Waals surface area contributed by atoms with Crippen LogP contribution in [0, 0.1) is 5.92 Å². The molecule has 17 heavy (non-hydrogen) atoms. The molecule has 0 aliphatic heterocycles. The monoisotopic (exact) mass is 254 g/mol. The molecule has 1 aromatic heterocycles. The summed E-state index contributed by atoms with van der Waals surface area (Å²) in [7, 11) is 0. The first-order chi connectivity index (χ1) is 8.11. The Morgan fingerprint density at radius 2 is 2.29 bits per heavy atom. The second-order valence-corrected chi connectivity index (χ2v) is 4.99. The highest BCUT2D eigenvalue weighted by atomic mass is 32.1. The Labute approximate surface area is 103 Å². The lowest BCUT2D eigenvalue weighted by atomic mass is 10.3. The molecular formula is C11H14N2O3S. The molecule has 0 spiro atoms. The lowest BCUT2D eigenvalue weighted by Gasteiger charge is -2.18. The molecule has 1 heterocycles. The SMILES string of the molecule is CCN(CC1CC1)C(=O)c1nc(C(=O)O)cs1. The summed E-state index contributed by atoms with van der Waals surface area (Å²) < 4.78 is 0. The minimum absolute atomic E-state index is 0.0548. The maximum Gasteiger partial charge on any atom is 0.355 e. The molecule has 1 aromatic rings. The molecule has 0 atom stereocenters. The third kappa shape index (κ3) is 2.82. The Kier molecular flexibility index (Phi) is 3.42. The van der Waals surface area contributed by atoms with Crippen LogP contribution in [0.3, 0.4) is 0 Å². The number of thiazole rings is 1. The van der Waals surface area contributed by atoms with Crippen molar-refractivity contribution < 1.29 is 14.7 Å². The zero-order chi connectivity index (χ0) is 12.4. The molecule has 1 aliphatic carbocycles. The Morgan fingerprint density at radius 1 is 1.59 bits per heavy atom. The Hall–Kier alpha value is -1.43. The van der Waals surface area contributed by atoms with Crippen LogP contribution in [-0.4, -0.2) is 40.0 Å². The maximum atomic E-state index is 12.1. The van der Waals surface area contributed by atoms with Crippen LogP contribution < -0.4 is 0 Å². The average Bonchev–Trinajstić information content (AvgIpc) is 2.97. The Morgan fingerprint density at radius 3 is 2.76 bits per heavy atom. The van der Waals surface area contributed by atoms with Crippen molar-refractivity contribution in [3.8, 4) is 0 Å². The van der Waals surface area contributed by atoms with E-state index in [1.165, 1.54) is 18.2 Å². The number of carboxylic acid groups (broad SMARTS) is 1. The van der Waals surface area contributed by atoms with Crippen molar-refractivity contribution >= 4 is 23.2 Å². The van der Waals surface area contributed by atoms with E-state index in [4.69, 9.17) is 5.11 Å². The van der Waals surface area contributed by atoms with Crippen LogP contribution in [0.2, 0.25) is 0 Å². The van der Waals surface area contributed by atoms with Gasteiger partial charge in [0, 0.05) is 18.5 Å². The van der Waals surface area contributed by atoms with Crippen molar-refractivity contribution in [2.75, 3.05) is 13.1 Å². The highest BCUT2D eigenvalue weighted by Crippen LogP contribution is 2.30. The largest absolute Gasteiger partial charge is 0.476 e. The molecule has 1 saturated carbocycles. The molecule has 0 aromatic carbocycles. The first-order valence-electron chi connectivity index (χ1n) is 5.60. The molecule has 0 bridgehead atoms. The van der Waals surface area contributed by atoms with Crippen molar-refractivity contribution in [2.45, 2.75) is 19.8 Å². The molecule has 0 radical (unpaired) electrons. The van der Waals surface area contributed by atoms with E-state index < -0.39 is 5.97 Å². The highest BCUT2D eigenvalue weighted by molar-refractivity contribution is 7.11. The van der Waals surface area contributed by atoms with Gasteiger partial charge in [-0.3, -0.25) is 4.79 Å². The van der Waals surface area contributed by atoms with Crippen molar-refractivity contribution in [2.24, 2.45) is 5.92 Å². The predicted molar refractivity (Wildman–Crippen MR) is 63.4 cm³/mol. The number of hydrogen-bond acceptors (Lipinski definition) is 4. The standard InChI is InChI=1S/C11H14N2O3S/c1-2-13(5-7-3-4-7)10(14)9-12-8(6-17-9)11(15)16/h6-7H,2-5H2,1H3,(H,15,16). The molecule has 5 nitrogen and oxygen atoms in total. The number of hydrogen-bond donors (Lipinski definition) is 1. The van der Waals surface area contributed by atoms with E-state index in [-0.39, 0.29) is 16.6 Å². The maximum absolute atomic E-state index is 12.1. The third-order valence-corrected chi connectivity index (χ3v) is 3.58. The molecule has 1 aliphatic rings. The summed E-state index contributed by atoms with van der Waals surface area (Å²) in [6, 6.07) is 0. The van der Waals surface area contributed by atoms with Gasteiger partial charge in [-0.1, -0.05) is 0 Å². The molecule has 1 amide bonds. The van der Waals surface area contributed by atoms with Crippen LogP contribution in [0.15, 0.2) is 5.38 Å². The Balaban J connectivity index is 2.07. The van der Waals surface area contributed by atoms with Crippen molar-refractivity contribution in [3.05, 3.63) is 16.1 Å². The van der Waals surface area contributed by atoms with E-state index in [0.717, 1.165) is 17.9 Å². The minimum atomic E-state index is -1.09. The zero-order valence-corrected chi connectivity index (χ0v) is 10.4. The van der Waals surface area contributed by atoms with E-state index in [1.54, 1.807) is 4.90 Å². The molecule has 1 N–H and O–H groups in total. The predicted octanol–water partition coefficient (Wildman–Crippen LogP) is 1.71. The van der Waals surface area contributed by atoms with Crippen LogP contribution in [0.1, 0.15) is 40.1 Å². The van der Waals surface area contributed by atoms with Crippen molar-refractivity contribution in [1.29, 1.82) is 0 Å². The Bertz CT molecular complexity index is 440. The van der Waals surface area contributed by atoms with E-state index >= 15 is 0 Å². The highest BCUT2D eigenvalue weighted by Gasteiger charge is 2.27. The van der Waals surface area contributed by atoms with E-state index in [0.29, 0.717) is 12.5 Å². The fourth-order valence-electron chi connectivity index (χ4n) is 1.57. The molecule has 0 unspecified atom stereocenters. The van der Waals surface area contributed by atoms with Gasteiger partial charge in [-0.15, -0.1) is 11.3 Å². The summed E-state index contributed by atoms with van der Waals surface area (Å²) in [5.74, 6) is -0.625. The number of amides is 1. The first-order valence-corrected chi connectivity index (χ1v) is 6.48. The molecule has 1 fully saturated rings. The summed E-state index contributed by atoms with van der Waals surface area (Å²) in [5, 5.41) is 10.4. The quantitative estimate of drug-likeness (QED) is 0.868. The summed E-state index contributed by atoms with van der Waals surface area (Å²) in [4.78, 5) is 28.3.